The molecule has 4 aromatic rings. The largest absolute Gasteiger partial charge is 0.489 e. The molecule has 1 fully saturated rings. The third-order valence-electron chi connectivity index (χ3n) is 7.23. The lowest BCUT2D eigenvalue weighted by Gasteiger charge is -2.29. The summed E-state index contributed by atoms with van der Waals surface area (Å²) in [6, 6.07) is 21.0. The molecule has 3 amide bonds. The highest BCUT2D eigenvalue weighted by Gasteiger charge is 2.40. The Morgan fingerprint density at radius 1 is 1.03 bits per heavy atom. The third-order valence-corrected chi connectivity index (χ3v) is 7.23. The maximum absolute atomic E-state index is 13.0. The number of nitrogens with zero attached hydrogens (tertiary/aromatic N) is 2. The molecule has 2 unspecified atom stereocenters. The van der Waals surface area contributed by atoms with E-state index in [0.29, 0.717) is 24.3 Å². The Morgan fingerprint density at radius 2 is 1.84 bits per heavy atom. The first-order valence-electron chi connectivity index (χ1n) is 12.4. The molecule has 6 rings (SSSR count). The van der Waals surface area contributed by atoms with Crippen LogP contribution in [-0.4, -0.2) is 38.6 Å². The van der Waals surface area contributed by atoms with Crippen molar-refractivity contribution in [2.45, 2.75) is 44.9 Å². The predicted molar refractivity (Wildman–Crippen MR) is 137 cm³/mol. The first kappa shape index (κ1) is 23.0. The van der Waals surface area contributed by atoms with Gasteiger partial charge in [-0.1, -0.05) is 49.4 Å². The minimum absolute atomic E-state index is 0.115. The average molecular weight is 495 g/mol. The van der Waals surface area contributed by atoms with Gasteiger partial charge in [0.15, 0.2) is 0 Å². The van der Waals surface area contributed by atoms with E-state index in [2.05, 4.69) is 29.4 Å². The number of carbonyl (C=O) groups excluding carboxylic acids is 3. The van der Waals surface area contributed by atoms with Gasteiger partial charge < -0.3 is 14.6 Å². The maximum Gasteiger partial charge on any atom is 0.255 e. The number of H-pyrrole nitrogens is 1. The Morgan fingerprint density at radius 3 is 2.62 bits per heavy atom. The normalized spacial score (nSPS) is 18.1. The Bertz CT molecular complexity index is 1490. The van der Waals surface area contributed by atoms with Crippen LogP contribution < -0.4 is 10.1 Å². The Kier molecular flexibility index (Phi) is 5.71. The van der Waals surface area contributed by atoms with Gasteiger partial charge >= 0.3 is 0 Å². The van der Waals surface area contributed by atoms with E-state index in [-0.39, 0.29) is 30.7 Å². The van der Waals surface area contributed by atoms with Gasteiger partial charge in [0.25, 0.3) is 5.91 Å². The van der Waals surface area contributed by atoms with Crippen LogP contribution in [0.2, 0.25) is 0 Å². The van der Waals surface area contributed by atoms with Crippen LogP contribution in [0.15, 0.2) is 66.7 Å². The number of benzene rings is 3. The van der Waals surface area contributed by atoms with Gasteiger partial charge in [0.05, 0.1) is 17.6 Å². The third kappa shape index (κ3) is 4.24. The summed E-state index contributed by atoms with van der Waals surface area (Å²) in [7, 11) is 0. The number of ether oxygens (including phenoxy) is 1. The van der Waals surface area contributed by atoms with E-state index in [1.807, 2.05) is 42.5 Å². The van der Waals surface area contributed by atoms with Crippen molar-refractivity contribution in [1.29, 1.82) is 0 Å². The number of fused-ring (bicyclic) bond motifs is 2. The maximum atomic E-state index is 13.0. The van der Waals surface area contributed by atoms with Gasteiger partial charge in [0.2, 0.25) is 11.8 Å². The molecular formula is C29H26N4O4. The summed E-state index contributed by atoms with van der Waals surface area (Å²) in [6.07, 6.45) is 0.560. The summed E-state index contributed by atoms with van der Waals surface area (Å²) in [5.74, 6) is 0.739. The van der Waals surface area contributed by atoms with E-state index >= 15 is 0 Å². The number of piperidine rings is 1. The van der Waals surface area contributed by atoms with E-state index in [9.17, 15) is 14.4 Å². The molecular weight excluding hydrogens is 468 g/mol. The van der Waals surface area contributed by atoms with Crippen LogP contribution >= 0.6 is 0 Å². The van der Waals surface area contributed by atoms with Crippen molar-refractivity contribution in [2.24, 2.45) is 0 Å². The van der Waals surface area contributed by atoms with Gasteiger partial charge in [-0.25, -0.2) is 4.98 Å². The average Bonchev–Trinajstić information content (AvgIpc) is 3.49. The van der Waals surface area contributed by atoms with Crippen LogP contribution in [0.1, 0.15) is 58.6 Å². The molecule has 0 saturated carbocycles. The molecule has 37 heavy (non-hydrogen) atoms. The fourth-order valence-electron chi connectivity index (χ4n) is 5.09. The second-order valence-corrected chi connectivity index (χ2v) is 9.57. The molecule has 0 bridgehead atoms. The van der Waals surface area contributed by atoms with Crippen molar-refractivity contribution < 1.29 is 19.1 Å². The van der Waals surface area contributed by atoms with Crippen LogP contribution in [0.5, 0.6) is 5.75 Å². The molecule has 0 radical (unpaired) electrons. The number of carbonyl (C=O) groups is 3. The summed E-state index contributed by atoms with van der Waals surface area (Å²) in [5.41, 5.74) is 5.45. The highest BCUT2D eigenvalue weighted by molar-refractivity contribution is 6.05. The summed E-state index contributed by atoms with van der Waals surface area (Å²) < 4.78 is 6.14. The standard InChI is InChI=1S/C29H26N4O4/c1-17(27-30-22-6-2-3-7-23(22)31-27)19-11-9-18(10-12-19)16-37-25-8-4-5-20-21(25)15-33(29(20)36)24-13-14-26(34)32-28(24)35/h2-12,17,24H,13-16H2,1H3,(H,30,31)(H,32,34,35). The number of imide groups is 1. The van der Waals surface area contributed by atoms with Gasteiger partial charge in [-0.2, -0.15) is 0 Å². The molecule has 8 heteroatoms. The summed E-state index contributed by atoms with van der Waals surface area (Å²) >= 11 is 0. The van der Waals surface area contributed by atoms with Crippen LogP contribution in [-0.2, 0) is 22.7 Å². The zero-order valence-electron chi connectivity index (χ0n) is 20.4. The predicted octanol–water partition coefficient (Wildman–Crippen LogP) is 4.05. The number of para-hydroxylation sites is 2. The topological polar surface area (TPSA) is 104 Å². The lowest BCUT2D eigenvalue weighted by molar-refractivity contribution is -0.136. The van der Waals surface area contributed by atoms with E-state index in [4.69, 9.17) is 9.72 Å². The fraction of sp³-hybridized carbons (Fsp3) is 0.241. The van der Waals surface area contributed by atoms with Crippen molar-refractivity contribution in [3.63, 3.8) is 0 Å². The smallest absolute Gasteiger partial charge is 0.255 e. The molecule has 3 aromatic carbocycles. The van der Waals surface area contributed by atoms with E-state index < -0.39 is 11.9 Å². The minimum Gasteiger partial charge on any atom is -0.489 e. The molecule has 0 spiro atoms. The van der Waals surface area contributed by atoms with Crippen molar-refractivity contribution in [3.8, 4) is 5.75 Å². The van der Waals surface area contributed by atoms with Crippen molar-refractivity contribution >= 4 is 28.8 Å². The molecule has 186 valence electrons. The summed E-state index contributed by atoms with van der Waals surface area (Å²) in [5, 5.41) is 2.34. The lowest BCUT2D eigenvalue weighted by atomic mass is 9.99. The molecule has 8 nitrogen and oxygen atoms in total. The number of nitrogens with one attached hydrogen (secondary N) is 2. The van der Waals surface area contributed by atoms with Gasteiger partial charge in [-0.3, -0.25) is 19.7 Å². The summed E-state index contributed by atoms with van der Waals surface area (Å²) in [4.78, 5) is 46.5. The molecule has 3 heterocycles. The molecule has 2 atom stereocenters. The number of amides is 3. The molecule has 2 N–H and O–H groups in total. The van der Waals surface area contributed by atoms with Crippen molar-refractivity contribution in [2.75, 3.05) is 0 Å². The fourth-order valence-corrected chi connectivity index (χ4v) is 5.09. The highest BCUT2D eigenvalue weighted by Crippen LogP contribution is 2.34. The van der Waals surface area contributed by atoms with Crippen molar-refractivity contribution in [3.05, 3.63) is 94.8 Å². The van der Waals surface area contributed by atoms with Crippen LogP contribution in [0.25, 0.3) is 11.0 Å². The van der Waals surface area contributed by atoms with Crippen LogP contribution in [0.4, 0.5) is 0 Å². The van der Waals surface area contributed by atoms with E-state index in [1.165, 1.54) is 4.90 Å². The number of hydrogen-bond donors (Lipinski definition) is 2. The number of rotatable bonds is 6. The number of imidazole rings is 1. The highest BCUT2D eigenvalue weighted by atomic mass is 16.5. The van der Waals surface area contributed by atoms with E-state index in [1.54, 1.807) is 12.1 Å². The van der Waals surface area contributed by atoms with Gasteiger partial charge in [-0.15, -0.1) is 0 Å². The molecule has 2 aliphatic heterocycles. The zero-order chi connectivity index (χ0) is 25.5. The zero-order valence-corrected chi connectivity index (χ0v) is 20.4. The van der Waals surface area contributed by atoms with Gasteiger partial charge in [0.1, 0.15) is 24.2 Å². The monoisotopic (exact) mass is 494 g/mol. The number of hydrogen-bond acceptors (Lipinski definition) is 5. The first-order chi connectivity index (χ1) is 18.0. The second-order valence-electron chi connectivity index (χ2n) is 9.57. The Balaban J connectivity index is 1.14. The van der Waals surface area contributed by atoms with Crippen LogP contribution in [0, 0.1) is 0 Å². The first-order valence-corrected chi connectivity index (χ1v) is 12.4. The van der Waals surface area contributed by atoms with E-state index in [0.717, 1.165) is 33.5 Å². The molecule has 2 aliphatic rings. The molecule has 1 aromatic heterocycles. The second kappa shape index (κ2) is 9.20. The SMILES string of the molecule is CC(c1ccc(COc2cccc3c2CN(C2CCC(=O)NC2=O)C3=O)cc1)c1nc2ccccc2[nH]1. The van der Waals surface area contributed by atoms with Crippen LogP contribution in [0.3, 0.4) is 0 Å². The molecule has 1 saturated heterocycles. The lowest BCUT2D eigenvalue weighted by Crippen LogP contribution is -2.52. The van der Waals surface area contributed by atoms with Gasteiger partial charge in [0, 0.05) is 23.5 Å². The Labute approximate surface area is 213 Å². The Hall–Kier alpha value is -4.46. The number of aromatic amines is 1. The molecule has 0 aliphatic carbocycles. The summed E-state index contributed by atoms with van der Waals surface area (Å²) in [6.45, 7) is 2.76. The van der Waals surface area contributed by atoms with Gasteiger partial charge in [-0.05, 0) is 41.8 Å². The minimum atomic E-state index is -0.647. The quantitative estimate of drug-likeness (QED) is 0.394. The number of aromatic nitrogens is 2. The van der Waals surface area contributed by atoms with Crippen molar-refractivity contribution in [1.82, 2.24) is 20.2 Å².